The van der Waals surface area contributed by atoms with Gasteiger partial charge in [-0.15, -0.1) is 0 Å². The highest BCUT2D eigenvalue weighted by Gasteiger charge is 2.11. The maximum atomic E-state index is 12.4. The Morgan fingerprint density at radius 1 is 0.800 bits per heavy atom. The van der Waals surface area contributed by atoms with Gasteiger partial charge in [-0.25, -0.2) is 0 Å². The molecule has 0 heterocycles. The molecule has 3 rings (SSSR count). The van der Waals surface area contributed by atoms with Gasteiger partial charge >= 0.3 is 0 Å². The van der Waals surface area contributed by atoms with E-state index in [-0.39, 0.29) is 5.91 Å². The van der Waals surface area contributed by atoms with Gasteiger partial charge < -0.3 is 10.2 Å². The van der Waals surface area contributed by atoms with Crippen LogP contribution in [0.2, 0.25) is 0 Å². The topological polar surface area (TPSA) is 32.3 Å². The largest absolute Gasteiger partial charge is 0.369 e. The van der Waals surface area contributed by atoms with E-state index >= 15 is 0 Å². The molecule has 0 atom stereocenters. The van der Waals surface area contributed by atoms with Gasteiger partial charge in [0, 0.05) is 13.6 Å². The minimum Gasteiger partial charge on any atom is -0.369 e. The first-order valence-electron chi connectivity index (χ1n) is 8.40. The minimum absolute atomic E-state index is 0.00763. The third-order valence-electron chi connectivity index (χ3n) is 4.06. The molecule has 0 aliphatic carbocycles. The maximum Gasteiger partial charge on any atom is 0.228 e. The number of nitrogens with zero attached hydrogens (tertiary/aromatic N) is 1. The van der Waals surface area contributed by atoms with Crippen LogP contribution in [0.4, 0.5) is 11.4 Å². The average molecular weight is 330 g/mol. The average Bonchev–Trinajstić information content (AvgIpc) is 2.63. The number of para-hydroxylation sites is 2. The Morgan fingerprint density at radius 3 is 2.04 bits per heavy atom. The molecule has 1 N–H and O–H groups in total. The summed E-state index contributed by atoms with van der Waals surface area (Å²) < 4.78 is 0. The Bertz CT molecular complexity index is 816. The van der Waals surface area contributed by atoms with E-state index < -0.39 is 0 Å². The smallest absolute Gasteiger partial charge is 0.228 e. The van der Waals surface area contributed by atoms with Crippen LogP contribution in [0.3, 0.4) is 0 Å². The second kappa shape index (κ2) is 8.15. The fraction of sp³-hybridized carbons (Fsp3) is 0.136. The van der Waals surface area contributed by atoms with Gasteiger partial charge in [0.15, 0.2) is 0 Å². The number of carbonyl (C=O) groups is 1. The second-order valence-electron chi connectivity index (χ2n) is 6.07. The summed E-state index contributed by atoms with van der Waals surface area (Å²) in [6.45, 7) is 0.784. The van der Waals surface area contributed by atoms with Crippen molar-refractivity contribution in [3.05, 3.63) is 96.1 Å². The van der Waals surface area contributed by atoms with E-state index in [4.69, 9.17) is 0 Å². The van der Waals surface area contributed by atoms with Crippen LogP contribution in [0.1, 0.15) is 11.1 Å². The van der Waals surface area contributed by atoms with E-state index in [2.05, 4.69) is 22.3 Å². The number of anilines is 2. The van der Waals surface area contributed by atoms with Crippen LogP contribution in [-0.4, -0.2) is 13.0 Å². The molecule has 0 saturated heterocycles. The van der Waals surface area contributed by atoms with E-state index in [1.54, 1.807) is 0 Å². The predicted octanol–water partition coefficient (Wildman–Crippen LogP) is 4.50. The lowest BCUT2D eigenvalue weighted by Crippen LogP contribution is -2.20. The highest BCUT2D eigenvalue weighted by molar-refractivity contribution is 5.95. The van der Waals surface area contributed by atoms with Crippen LogP contribution >= 0.6 is 0 Å². The number of amides is 1. The summed E-state index contributed by atoms with van der Waals surface area (Å²) >= 11 is 0. The van der Waals surface area contributed by atoms with Gasteiger partial charge in [-0.2, -0.15) is 0 Å². The summed E-state index contributed by atoms with van der Waals surface area (Å²) in [6, 6.07) is 28.0. The summed E-state index contributed by atoms with van der Waals surface area (Å²) in [5.41, 5.74) is 4.08. The number of hydrogen-bond acceptors (Lipinski definition) is 2. The lowest BCUT2D eigenvalue weighted by atomic mass is 10.1. The van der Waals surface area contributed by atoms with E-state index in [0.29, 0.717) is 6.42 Å². The van der Waals surface area contributed by atoms with Gasteiger partial charge in [0.25, 0.3) is 0 Å². The highest BCUT2D eigenvalue weighted by atomic mass is 16.1. The molecule has 0 spiro atoms. The number of carbonyl (C=O) groups excluding carboxylic acids is 1. The fourth-order valence-corrected chi connectivity index (χ4v) is 2.83. The number of nitrogens with one attached hydrogen (secondary N) is 1. The quantitative estimate of drug-likeness (QED) is 0.721. The Kier molecular flexibility index (Phi) is 5.47. The Morgan fingerprint density at radius 2 is 1.36 bits per heavy atom. The zero-order valence-corrected chi connectivity index (χ0v) is 14.4. The van der Waals surface area contributed by atoms with Crippen molar-refractivity contribution in [2.24, 2.45) is 0 Å². The van der Waals surface area contributed by atoms with Gasteiger partial charge in [-0.05, 0) is 23.3 Å². The van der Waals surface area contributed by atoms with Crippen molar-refractivity contribution in [1.29, 1.82) is 0 Å². The monoisotopic (exact) mass is 330 g/mol. The van der Waals surface area contributed by atoms with Crippen molar-refractivity contribution in [1.82, 2.24) is 0 Å². The van der Waals surface area contributed by atoms with E-state index in [1.165, 1.54) is 5.56 Å². The summed E-state index contributed by atoms with van der Waals surface area (Å²) in [7, 11) is 2.04. The van der Waals surface area contributed by atoms with Crippen molar-refractivity contribution >= 4 is 17.3 Å². The molecule has 3 heteroatoms. The number of rotatable bonds is 6. The van der Waals surface area contributed by atoms with Crippen molar-refractivity contribution in [2.75, 3.05) is 17.3 Å². The van der Waals surface area contributed by atoms with Crippen LogP contribution in [0, 0.1) is 0 Å². The van der Waals surface area contributed by atoms with Gasteiger partial charge in [0.05, 0.1) is 17.8 Å². The molecule has 0 aliphatic heterocycles. The molecule has 0 aromatic heterocycles. The molecule has 0 saturated carbocycles. The molecule has 25 heavy (non-hydrogen) atoms. The molecule has 126 valence electrons. The standard InChI is InChI=1S/C22H22N2O/c1-24(17-19-12-6-3-7-13-19)21-15-9-8-14-20(21)23-22(25)16-18-10-4-2-5-11-18/h2-15H,16-17H2,1H3,(H,23,25). The van der Waals surface area contributed by atoms with E-state index in [9.17, 15) is 4.79 Å². The van der Waals surface area contributed by atoms with Crippen molar-refractivity contribution in [3.63, 3.8) is 0 Å². The van der Waals surface area contributed by atoms with Gasteiger partial charge in [0.1, 0.15) is 0 Å². The first-order chi connectivity index (χ1) is 12.2. The normalized spacial score (nSPS) is 10.3. The molecular weight excluding hydrogens is 308 g/mol. The minimum atomic E-state index is -0.00763. The molecular formula is C22H22N2O. The summed E-state index contributed by atoms with van der Waals surface area (Å²) in [4.78, 5) is 14.5. The molecule has 3 nitrogen and oxygen atoms in total. The van der Waals surface area contributed by atoms with Crippen LogP contribution in [0.25, 0.3) is 0 Å². The van der Waals surface area contributed by atoms with Crippen LogP contribution in [-0.2, 0) is 17.8 Å². The second-order valence-corrected chi connectivity index (χ2v) is 6.07. The molecule has 1 amide bonds. The SMILES string of the molecule is CN(Cc1ccccc1)c1ccccc1NC(=O)Cc1ccccc1. The zero-order chi connectivity index (χ0) is 17.5. The first kappa shape index (κ1) is 16.8. The summed E-state index contributed by atoms with van der Waals surface area (Å²) in [5, 5.41) is 3.05. The fourth-order valence-electron chi connectivity index (χ4n) is 2.83. The maximum absolute atomic E-state index is 12.4. The molecule has 3 aromatic carbocycles. The van der Waals surface area contributed by atoms with Crippen LogP contribution in [0.5, 0.6) is 0 Å². The summed E-state index contributed by atoms with van der Waals surface area (Å²) in [6.07, 6.45) is 0.373. The lowest BCUT2D eigenvalue weighted by Gasteiger charge is -2.23. The van der Waals surface area contributed by atoms with Gasteiger partial charge in [-0.1, -0.05) is 72.8 Å². The van der Waals surface area contributed by atoms with Crippen molar-refractivity contribution < 1.29 is 4.79 Å². The molecule has 0 unspecified atom stereocenters. The third kappa shape index (κ3) is 4.70. The highest BCUT2D eigenvalue weighted by Crippen LogP contribution is 2.26. The van der Waals surface area contributed by atoms with Gasteiger partial charge in [0.2, 0.25) is 5.91 Å². The molecule has 0 radical (unpaired) electrons. The molecule has 3 aromatic rings. The lowest BCUT2D eigenvalue weighted by molar-refractivity contribution is -0.115. The number of benzene rings is 3. The van der Waals surface area contributed by atoms with Gasteiger partial charge in [-0.3, -0.25) is 4.79 Å². The summed E-state index contributed by atoms with van der Waals surface area (Å²) in [5.74, 6) is -0.00763. The van der Waals surface area contributed by atoms with Crippen LogP contribution < -0.4 is 10.2 Å². The third-order valence-corrected chi connectivity index (χ3v) is 4.06. The zero-order valence-electron chi connectivity index (χ0n) is 14.4. The molecule has 0 fully saturated rings. The Balaban J connectivity index is 1.71. The Hall–Kier alpha value is -3.07. The van der Waals surface area contributed by atoms with Crippen molar-refractivity contribution in [3.8, 4) is 0 Å². The van der Waals surface area contributed by atoms with E-state index in [1.807, 2.05) is 79.8 Å². The Labute approximate surface area is 148 Å². The molecule has 0 aliphatic rings. The van der Waals surface area contributed by atoms with Crippen LogP contribution in [0.15, 0.2) is 84.9 Å². The first-order valence-corrected chi connectivity index (χ1v) is 8.40. The van der Waals surface area contributed by atoms with E-state index in [0.717, 1.165) is 23.5 Å². The predicted molar refractivity (Wildman–Crippen MR) is 104 cm³/mol. The molecule has 0 bridgehead atoms. The number of hydrogen-bond donors (Lipinski definition) is 1. The van der Waals surface area contributed by atoms with Crippen molar-refractivity contribution in [2.45, 2.75) is 13.0 Å².